The maximum Gasteiger partial charge on any atom is 0.258 e. The van der Waals surface area contributed by atoms with Crippen molar-refractivity contribution in [2.24, 2.45) is 5.73 Å². The molecule has 0 saturated heterocycles. The average Bonchev–Trinajstić information content (AvgIpc) is 2.72. The maximum atomic E-state index is 12.0. The van der Waals surface area contributed by atoms with Gasteiger partial charge in [-0.3, -0.25) is 10.1 Å². The Morgan fingerprint density at radius 2 is 2.00 bits per heavy atom. The van der Waals surface area contributed by atoms with Crippen LogP contribution in [0.2, 0.25) is 0 Å². The average molecular weight is 259 g/mol. The van der Waals surface area contributed by atoms with Crippen molar-refractivity contribution in [3.63, 3.8) is 0 Å². The first-order valence-corrected chi connectivity index (χ1v) is 6.15. The summed E-state index contributed by atoms with van der Waals surface area (Å²) in [6.07, 6.45) is 0.808. The molecule has 0 spiro atoms. The zero-order valence-corrected chi connectivity index (χ0v) is 11.1. The van der Waals surface area contributed by atoms with Crippen LogP contribution in [0.1, 0.15) is 27.2 Å². The first kappa shape index (κ1) is 13.3. The molecule has 1 amide bonds. The van der Waals surface area contributed by atoms with Crippen LogP contribution in [0.4, 0.5) is 5.88 Å². The molecule has 100 valence electrons. The van der Waals surface area contributed by atoms with Gasteiger partial charge in [-0.15, -0.1) is 0 Å². The molecular formula is C14H17N3O2. The van der Waals surface area contributed by atoms with Gasteiger partial charge in [0.1, 0.15) is 0 Å². The first-order valence-electron chi connectivity index (χ1n) is 6.15. The Morgan fingerprint density at radius 1 is 1.32 bits per heavy atom. The minimum absolute atomic E-state index is 0.210. The Labute approximate surface area is 111 Å². The van der Waals surface area contributed by atoms with Crippen LogP contribution >= 0.6 is 0 Å². The Bertz CT molecular complexity index is 573. The normalized spacial score (nSPS) is 10.5. The van der Waals surface area contributed by atoms with E-state index < -0.39 is 0 Å². The minimum Gasteiger partial charge on any atom is -0.338 e. The fourth-order valence-corrected chi connectivity index (χ4v) is 1.70. The number of nitrogens with one attached hydrogen (secondary N) is 1. The van der Waals surface area contributed by atoms with E-state index in [1.165, 1.54) is 0 Å². The predicted molar refractivity (Wildman–Crippen MR) is 73.1 cm³/mol. The molecule has 0 atom stereocenters. The molecular weight excluding hydrogens is 242 g/mol. The van der Waals surface area contributed by atoms with Crippen molar-refractivity contribution >= 4 is 11.8 Å². The van der Waals surface area contributed by atoms with Crippen LogP contribution < -0.4 is 11.1 Å². The Balaban J connectivity index is 2.09. The van der Waals surface area contributed by atoms with E-state index in [1.54, 1.807) is 12.1 Å². The third kappa shape index (κ3) is 3.00. The van der Waals surface area contributed by atoms with Gasteiger partial charge in [0.15, 0.2) is 0 Å². The molecule has 0 fully saturated rings. The molecule has 5 nitrogen and oxygen atoms in total. The third-order valence-electron chi connectivity index (χ3n) is 3.03. The second-order valence-electron chi connectivity index (χ2n) is 4.41. The topological polar surface area (TPSA) is 81.2 Å². The summed E-state index contributed by atoms with van der Waals surface area (Å²) in [4.78, 5) is 12.0. The van der Waals surface area contributed by atoms with Gasteiger partial charge in [0.05, 0.1) is 5.69 Å². The van der Waals surface area contributed by atoms with Gasteiger partial charge in [-0.05, 0) is 44.5 Å². The molecule has 0 aliphatic heterocycles. The number of hydrogen-bond acceptors (Lipinski definition) is 4. The number of aromatic nitrogens is 1. The molecule has 2 rings (SSSR count). The monoisotopic (exact) mass is 259 g/mol. The summed E-state index contributed by atoms with van der Waals surface area (Å²) in [6, 6.07) is 7.36. The fourth-order valence-electron chi connectivity index (χ4n) is 1.70. The highest BCUT2D eigenvalue weighted by atomic mass is 16.5. The zero-order valence-electron chi connectivity index (χ0n) is 11.1. The Hall–Kier alpha value is -2.14. The Morgan fingerprint density at radius 3 is 2.53 bits per heavy atom. The van der Waals surface area contributed by atoms with Crippen molar-refractivity contribution in [1.82, 2.24) is 5.16 Å². The second kappa shape index (κ2) is 5.67. The molecule has 2 aromatic rings. The lowest BCUT2D eigenvalue weighted by Gasteiger charge is -2.04. The molecule has 0 saturated carbocycles. The van der Waals surface area contributed by atoms with Gasteiger partial charge in [0, 0.05) is 11.1 Å². The van der Waals surface area contributed by atoms with E-state index in [2.05, 4.69) is 10.5 Å². The van der Waals surface area contributed by atoms with Crippen LogP contribution in [0.15, 0.2) is 28.8 Å². The second-order valence-corrected chi connectivity index (χ2v) is 4.41. The number of anilines is 1. The van der Waals surface area contributed by atoms with Crippen LogP contribution in [0.25, 0.3) is 0 Å². The summed E-state index contributed by atoms with van der Waals surface area (Å²) in [5.41, 5.74) is 8.79. The van der Waals surface area contributed by atoms with Crippen LogP contribution in [-0.4, -0.2) is 17.6 Å². The lowest BCUT2D eigenvalue weighted by molar-refractivity contribution is 0.102. The standard InChI is InChI=1S/C14H17N3O2/c1-9-10(2)17-19-14(9)16-13(18)12-5-3-11(4-6-12)7-8-15/h3-6H,7-8,15H2,1-2H3,(H,16,18). The number of rotatable bonds is 4. The summed E-state index contributed by atoms with van der Waals surface area (Å²) in [6.45, 7) is 4.28. The SMILES string of the molecule is Cc1noc(NC(=O)c2ccc(CCN)cc2)c1C. The van der Waals surface area contributed by atoms with Gasteiger partial charge in [-0.1, -0.05) is 17.3 Å². The number of nitrogens with two attached hydrogens (primary N) is 1. The van der Waals surface area contributed by atoms with Crippen molar-refractivity contribution in [3.8, 4) is 0 Å². The highest BCUT2D eigenvalue weighted by Crippen LogP contribution is 2.18. The molecule has 0 bridgehead atoms. The highest BCUT2D eigenvalue weighted by Gasteiger charge is 2.13. The molecule has 1 aromatic carbocycles. The van der Waals surface area contributed by atoms with E-state index in [9.17, 15) is 4.79 Å². The molecule has 3 N–H and O–H groups in total. The van der Waals surface area contributed by atoms with Crippen molar-refractivity contribution in [2.45, 2.75) is 20.3 Å². The predicted octanol–water partition coefficient (Wildman–Crippen LogP) is 2.04. The molecule has 1 aromatic heterocycles. The van der Waals surface area contributed by atoms with Crippen molar-refractivity contribution < 1.29 is 9.32 Å². The highest BCUT2D eigenvalue weighted by molar-refractivity contribution is 6.03. The van der Waals surface area contributed by atoms with Crippen LogP contribution in [0.5, 0.6) is 0 Å². The Kier molecular flexibility index (Phi) is 3.97. The molecule has 0 radical (unpaired) electrons. The van der Waals surface area contributed by atoms with E-state index >= 15 is 0 Å². The summed E-state index contributed by atoms with van der Waals surface area (Å²) in [5.74, 6) is 0.187. The lowest BCUT2D eigenvalue weighted by Crippen LogP contribution is -2.12. The van der Waals surface area contributed by atoms with Crippen molar-refractivity contribution in [2.75, 3.05) is 11.9 Å². The molecule has 1 heterocycles. The lowest BCUT2D eigenvalue weighted by atomic mass is 10.1. The quantitative estimate of drug-likeness (QED) is 0.880. The van der Waals surface area contributed by atoms with Gasteiger partial charge in [0.25, 0.3) is 5.91 Å². The molecule has 0 aliphatic rings. The first-order chi connectivity index (χ1) is 9.11. The molecule has 0 unspecified atom stereocenters. The van der Waals surface area contributed by atoms with Crippen molar-refractivity contribution in [3.05, 3.63) is 46.6 Å². The van der Waals surface area contributed by atoms with Crippen molar-refractivity contribution in [1.29, 1.82) is 0 Å². The maximum absolute atomic E-state index is 12.0. The fraction of sp³-hybridized carbons (Fsp3) is 0.286. The molecule has 0 aliphatic carbocycles. The van der Waals surface area contributed by atoms with E-state index in [1.807, 2.05) is 26.0 Å². The number of amides is 1. The summed E-state index contributed by atoms with van der Waals surface area (Å²) >= 11 is 0. The summed E-state index contributed by atoms with van der Waals surface area (Å²) < 4.78 is 5.05. The van der Waals surface area contributed by atoms with Crippen LogP contribution in [-0.2, 0) is 6.42 Å². The zero-order chi connectivity index (χ0) is 13.8. The summed E-state index contributed by atoms with van der Waals surface area (Å²) in [5, 5.41) is 6.50. The van der Waals surface area contributed by atoms with E-state index in [0.717, 1.165) is 23.2 Å². The van der Waals surface area contributed by atoms with E-state index in [0.29, 0.717) is 18.0 Å². The minimum atomic E-state index is -0.210. The number of hydrogen-bond donors (Lipinski definition) is 2. The van der Waals surface area contributed by atoms with E-state index in [-0.39, 0.29) is 5.91 Å². The number of nitrogens with zero attached hydrogens (tertiary/aromatic N) is 1. The van der Waals surface area contributed by atoms with Gasteiger partial charge < -0.3 is 10.3 Å². The largest absolute Gasteiger partial charge is 0.338 e. The van der Waals surface area contributed by atoms with E-state index in [4.69, 9.17) is 10.3 Å². The van der Waals surface area contributed by atoms with Gasteiger partial charge in [0.2, 0.25) is 5.88 Å². The van der Waals surface area contributed by atoms with Gasteiger partial charge in [-0.2, -0.15) is 0 Å². The van der Waals surface area contributed by atoms with Crippen LogP contribution in [0, 0.1) is 13.8 Å². The summed E-state index contributed by atoms with van der Waals surface area (Å²) in [7, 11) is 0. The third-order valence-corrected chi connectivity index (χ3v) is 3.03. The van der Waals surface area contributed by atoms with Gasteiger partial charge in [-0.25, -0.2) is 0 Å². The molecule has 19 heavy (non-hydrogen) atoms. The number of carbonyl (C=O) groups is 1. The smallest absolute Gasteiger partial charge is 0.258 e. The number of carbonyl (C=O) groups excluding carboxylic acids is 1. The number of benzene rings is 1. The van der Waals surface area contributed by atoms with Crippen LogP contribution in [0.3, 0.4) is 0 Å². The number of aryl methyl sites for hydroxylation is 1. The van der Waals surface area contributed by atoms with Gasteiger partial charge >= 0.3 is 0 Å². The molecule has 5 heteroatoms.